The zero-order valence-electron chi connectivity index (χ0n) is 7.27. The Bertz CT molecular complexity index is 304. The molecule has 0 aromatic rings. The maximum absolute atomic E-state index is 11.1. The van der Waals surface area contributed by atoms with Gasteiger partial charge in [-0.2, -0.15) is 11.8 Å². The fraction of sp³-hybridized carbons (Fsp3) is 0.750. The monoisotopic (exact) mass is 219 g/mol. The minimum Gasteiger partial charge on any atom is -0.306 e. The van der Waals surface area contributed by atoms with Gasteiger partial charge in [0.05, 0.1) is 5.75 Å². The van der Waals surface area contributed by atoms with E-state index in [4.69, 9.17) is 0 Å². The van der Waals surface area contributed by atoms with Crippen molar-refractivity contribution in [3.63, 3.8) is 0 Å². The van der Waals surface area contributed by atoms with Crippen LogP contribution in [0, 0.1) is 0 Å². The van der Waals surface area contributed by atoms with Gasteiger partial charge in [-0.3, -0.25) is 0 Å². The molecule has 1 N–H and O–H groups in total. The third kappa shape index (κ3) is 2.48. The molecule has 1 saturated heterocycles. The molecule has 0 bridgehead atoms. The van der Waals surface area contributed by atoms with E-state index in [1.807, 2.05) is 11.8 Å². The molecular weight excluding hydrogens is 206 g/mol. The summed E-state index contributed by atoms with van der Waals surface area (Å²) >= 11 is 1.93. The van der Waals surface area contributed by atoms with Crippen molar-refractivity contribution in [2.45, 2.75) is 18.5 Å². The Kier molecular flexibility index (Phi) is 2.67. The second-order valence-electron chi connectivity index (χ2n) is 3.49. The van der Waals surface area contributed by atoms with Crippen molar-refractivity contribution < 1.29 is 8.42 Å². The first-order valence-corrected chi connectivity index (χ1v) is 7.27. The van der Waals surface area contributed by atoms with Gasteiger partial charge in [0.25, 0.3) is 0 Å². The molecule has 3 nitrogen and oxygen atoms in total. The average molecular weight is 219 g/mol. The largest absolute Gasteiger partial charge is 0.306 e. The Hall–Kier alpha value is -0.0000000000000000555. The second-order valence-corrected chi connectivity index (χ2v) is 6.57. The number of sulfone groups is 1. The van der Waals surface area contributed by atoms with Gasteiger partial charge in [0.1, 0.15) is 0 Å². The number of thioether (sulfide) groups is 1. The van der Waals surface area contributed by atoms with Gasteiger partial charge in [0, 0.05) is 23.2 Å². The minimum absolute atomic E-state index is 0.0497. The van der Waals surface area contributed by atoms with Gasteiger partial charge in [-0.15, -0.1) is 0 Å². The van der Waals surface area contributed by atoms with Crippen LogP contribution in [0.3, 0.4) is 0 Å². The standard InChI is InChI=1S/C8H13NO2S2/c10-13(11)4-2-8(6-13)9-7-1-3-12-5-7/h2,4,7-9H,1,3,5-6H2. The predicted molar refractivity (Wildman–Crippen MR) is 55.6 cm³/mol. The van der Waals surface area contributed by atoms with Crippen LogP contribution in [-0.2, 0) is 9.84 Å². The lowest BCUT2D eigenvalue weighted by atomic mass is 10.2. The smallest absolute Gasteiger partial charge is 0.173 e. The van der Waals surface area contributed by atoms with Crippen LogP contribution in [0.25, 0.3) is 0 Å². The molecule has 0 spiro atoms. The molecule has 13 heavy (non-hydrogen) atoms. The summed E-state index contributed by atoms with van der Waals surface area (Å²) in [6.07, 6.45) is 2.92. The second kappa shape index (κ2) is 3.63. The van der Waals surface area contributed by atoms with Gasteiger partial charge >= 0.3 is 0 Å². The highest BCUT2D eigenvalue weighted by molar-refractivity contribution is 7.99. The fourth-order valence-corrected chi connectivity index (χ4v) is 4.06. The molecule has 0 aromatic heterocycles. The molecule has 0 aliphatic carbocycles. The summed E-state index contributed by atoms with van der Waals surface area (Å²) in [5, 5.41) is 4.67. The Labute approximate surface area is 82.9 Å². The van der Waals surface area contributed by atoms with Crippen molar-refractivity contribution in [2.24, 2.45) is 0 Å². The van der Waals surface area contributed by atoms with Crippen molar-refractivity contribution in [3.8, 4) is 0 Å². The quantitative estimate of drug-likeness (QED) is 0.730. The van der Waals surface area contributed by atoms with Gasteiger partial charge in [0.2, 0.25) is 0 Å². The summed E-state index contributed by atoms with van der Waals surface area (Å²) in [4.78, 5) is 0. The summed E-state index contributed by atoms with van der Waals surface area (Å²) in [6, 6.07) is 0.557. The summed E-state index contributed by atoms with van der Waals surface area (Å²) in [7, 11) is -2.89. The van der Waals surface area contributed by atoms with E-state index in [-0.39, 0.29) is 11.8 Å². The molecule has 0 saturated carbocycles. The van der Waals surface area contributed by atoms with Crippen LogP contribution < -0.4 is 5.32 Å². The number of rotatable bonds is 2. The lowest BCUT2D eigenvalue weighted by Gasteiger charge is -2.15. The van der Waals surface area contributed by atoms with E-state index < -0.39 is 9.84 Å². The normalized spacial score (nSPS) is 36.9. The zero-order valence-corrected chi connectivity index (χ0v) is 8.90. The molecule has 1 fully saturated rings. The van der Waals surface area contributed by atoms with E-state index in [0.717, 1.165) is 12.2 Å². The first kappa shape index (κ1) is 9.55. The van der Waals surface area contributed by atoms with E-state index in [9.17, 15) is 8.42 Å². The van der Waals surface area contributed by atoms with Gasteiger partial charge in [-0.25, -0.2) is 8.42 Å². The van der Waals surface area contributed by atoms with Crippen LogP contribution in [0.4, 0.5) is 0 Å². The highest BCUT2D eigenvalue weighted by Crippen LogP contribution is 2.19. The first-order chi connectivity index (χ1) is 6.16. The van der Waals surface area contributed by atoms with Gasteiger partial charge in [-0.05, 0) is 12.2 Å². The van der Waals surface area contributed by atoms with Crippen LogP contribution in [0.15, 0.2) is 11.5 Å². The summed E-state index contributed by atoms with van der Waals surface area (Å²) < 4.78 is 22.2. The Balaban J connectivity index is 1.87. The predicted octanol–water partition coefficient (Wildman–Crippen LogP) is 0.392. The highest BCUT2D eigenvalue weighted by atomic mass is 32.2. The van der Waals surface area contributed by atoms with E-state index in [2.05, 4.69) is 5.32 Å². The van der Waals surface area contributed by atoms with E-state index in [0.29, 0.717) is 6.04 Å². The molecule has 0 amide bonds. The Morgan fingerprint density at radius 3 is 2.85 bits per heavy atom. The van der Waals surface area contributed by atoms with E-state index in [1.54, 1.807) is 6.08 Å². The van der Waals surface area contributed by atoms with E-state index in [1.165, 1.54) is 11.2 Å². The zero-order chi connectivity index (χ0) is 9.31. The number of hydrogen-bond acceptors (Lipinski definition) is 4. The maximum atomic E-state index is 11.1. The van der Waals surface area contributed by atoms with Gasteiger partial charge in [0.15, 0.2) is 9.84 Å². The molecule has 2 rings (SSSR count). The molecule has 2 atom stereocenters. The molecule has 5 heteroatoms. The van der Waals surface area contributed by atoms with Crippen molar-refractivity contribution in [2.75, 3.05) is 17.3 Å². The van der Waals surface area contributed by atoms with Crippen LogP contribution in [0.5, 0.6) is 0 Å². The Morgan fingerprint density at radius 2 is 2.31 bits per heavy atom. The van der Waals surface area contributed by atoms with Crippen LogP contribution in [0.1, 0.15) is 6.42 Å². The number of hydrogen-bond donors (Lipinski definition) is 1. The highest BCUT2D eigenvalue weighted by Gasteiger charge is 2.25. The summed E-state index contributed by atoms with van der Waals surface area (Å²) in [5.41, 5.74) is 0. The van der Waals surface area contributed by atoms with Crippen molar-refractivity contribution in [1.82, 2.24) is 5.32 Å². The molecule has 0 radical (unpaired) electrons. The van der Waals surface area contributed by atoms with Gasteiger partial charge in [-0.1, -0.05) is 6.08 Å². The molecular formula is C8H13NO2S2. The maximum Gasteiger partial charge on any atom is 0.173 e. The third-order valence-electron chi connectivity index (χ3n) is 2.31. The van der Waals surface area contributed by atoms with Crippen molar-refractivity contribution >= 4 is 21.6 Å². The topological polar surface area (TPSA) is 46.2 Å². The van der Waals surface area contributed by atoms with Gasteiger partial charge < -0.3 is 5.32 Å². The Morgan fingerprint density at radius 1 is 1.46 bits per heavy atom. The average Bonchev–Trinajstić information content (AvgIpc) is 2.61. The molecule has 2 heterocycles. The lowest BCUT2D eigenvalue weighted by Crippen LogP contribution is -2.38. The summed E-state index contributed by atoms with van der Waals surface area (Å²) in [6.45, 7) is 0. The molecule has 2 unspecified atom stereocenters. The lowest BCUT2D eigenvalue weighted by molar-refractivity contribution is 0.524. The number of nitrogens with one attached hydrogen (secondary N) is 1. The van der Waals surface area contributed by atoms with E-state index >= 15 is 0 Å². The fourth-order valence-electron chi connectivity index (χ4n) is 1.65. The molecule has 2 aliphatic rings. The molecule has 2 aliphatic heterocycles. The van der Waals surface area contributed by atoms with Crippen molar-refractivity contribution in [1.29, 1.82) is 0 Å². The SMILES string of the molecule is O=S1(=O)C=CC(NC2CCSC2)C1. The van der Waals surface area contributed by atoms with Crippen molar-refractivity contribution in [3.05, 3.63) is 11.5 Å². The third-order valence-corrected chi connectivity index (χ3v) is 4.87. The first-order valence-electron chi connectivity index (χ1n) is 4.40. The minimum atomic E-state index is -2.89. The summed E-state index contributed by atoms with van der Waals surface area (Å²) in [5.74, 6) is 2.55. The molecule has 0 aromatic carbocycles. The molecule has 74 valence electrons. The van der Waals surface area contributed by atoms with Crippen LogP contribution in [0.2, 0.25) is 0 Å². The van der Waals surface area contributed by atoms with Crippen LogP contribution in [-0.4, -0.2) is 37.8 Å². The van der Waals surface area contributed by atoms with Crippen LogP contribution >= 0.6 is 11.8 Å².